The SMILES string of the molecule is [2H]C([2H])([2H])N1CCC[C@H]1COc1nc2c(c(N3CCN(C(=O)OCc4ccccc4)C[C@@H]3C)n1)CCNC2. The van der Waals surface area contributed by atoms with E-state index >= 15 is 0 Å². The highest BCUT2D eigenvalue weighted by molar-refractivity contribution is 5.68. The summed E-state index contributed by atoms with van der Waals surface area (Å²) >= 11 is 0. The van der Waals surface area contributed by atoms with Crippen molar-refractivity contribution in [2.45, 2.75) is 51.4 Å². The number of hydrogen-bond acceptors (Lipinski definition) is 8. The van der Waals surface area contributed by atoms with Gasteiger partial charge in [-0.1, -0.05) is 30.3 Å². The fourth-order valence-electron chi connectivity index (χ4n) is 5.05. The monoisotopic (exact) mass is 483 g/mol. The summed E-state index contributed by atoms with van der Waals surface area (Å²) < 4.78 is 35.0. The molecule has 1 amide bonds. The van der Waals surface area contributed by atoms with Gasteiger partial charge in [-0.25, -0.2) is 4.79 Å². The molecule has 0 aliphatic carbocycles. The summed E-state index contributed by atoms with van der Waals surface area (Å²) in [5.74, 6) is 0.843. The summed E-state index contributed by atoms with van der Waals surface area (Å²) in [6.07, 6.45) is 2.11. The Labute approximate surface area is 211 Å². The number of anilines is 1. The second-order valence-corrected chi connectivity index (χ2v) is 9.51. The first-order chi connectivity index (χ1) is 18.3. The molecule has 0 radical (unpaired) electrons. The van der Waals surface area contributed by atoms with E-state index in [0.717, 1.165) is 48.4 Å². The first-order valence-corrected chi connectivity index (χ1v) is 12.5. The Morgan fingerprint density at radius 1 is 1.23 bits per heavy atom. The standard InChI is InChI=1S/C26H36N6O3/c1-19-16-31(26(33)35-17-20-7-4-3-5-8-20)13-14-32(19)24-22-10-11-27-15-23(22)28-25(29-24)34-18-21-9-6-12-30(21)2/h3-5,7-8,19,21,27H,6,9-18H2,1-2H3/t19-,21-/m0/s1/i2D3. The topological polar surface area (TPSA) is 83.1 Å². The lowest BCUT2D eigenvalue weighted by Crippen LogP contribution is -2.54. The van der Waals surface area contributed by atoms with E-state index in [1.165, 1.54) is 4.90 Å². The van der Waals surface area contributed by atoms with E-state index in [4.69, 9.17) is 18.6 Å². The smallest absolute Gasteiger partial charge is 0.410 e. The zero-order valence-electron chi connectivity index (χ0n) is 23.3. The van der Waals surface area contributed by atoms with Gasteiger partial charge in [0.25, 0.3) is 0 Å². The minimum atomic E-state index is -2.13. The third kappa shape index (κ3) is 5.51. The molecule has 0 bridgehead atoms. The molecule has 9 nitrogen and oxygen atoms in total. The zero-order valence-corrected chi connectivity index (χ0v) is 20.3. The number of likely N-dealkylation sites (tertiary alicyclic amines) is 1. The summed E-state index contributed by atoms with van der Waals surface area (Å²) in [6, 6.07) is 9.78. The van der Waals surface area contributed by atoms with Gasteiger partial charge in [0.05, 0.1) is 5.69 Å². The van der Waals surface area contributed by atoms with Gasteiger partial charge in [-0.3, -0.25) is 0 Å². The molecule has 35 heavy (non-hydrogen) atoms. The lowest BCUT2D eigenvalue weighted by atomic mass is 10.0. The third-order valence-corrected chi connectivity index (χ3v) is 7.04. The molecule has 0 saturated carbocycles. The van der Waals surface area contributed by atoms with Crippen LogP contribution in [0.2, 0.25) is 0 Å². The van der Waals surface area contributed by atoms with Crippen molar-refractivity contribution in [3.05, 3.63) is 47.2 Å². The van der Waals surface area contributed by atoms with Gasteiger partial charge in [0.15, 0.2) is 0 Å². The largest absolute Gasteiger partial charge is 0.462 e. The first-order valence-electron chi connectivity index (χ1n) is 14.0. The van der Waals surface area contributed by atoms with Crippen molar-refractivity contribution in [2.24, 2.45) is 0 Å². The van der Waals surface area contributed by atoms with Crippen molar-refractivity contribution in [1.29, 1.82) is 0 Å². The van der Waals surface area contributed by atoms with E-state index in [1.54, 1.807) is 4.90 Å². The van der Waals surface area contributed by atoms with Gasteiger partial charge in [-0.05, 0) is 51.8 Å². The molecule has 2 atom stereocenters. The molecule has 9 heteroatoms. The maximum Gasteiger partial charge on any atom is 0.410 e. The second kappa shape index (κ2) is 10.8. The Hall–Kier alpha value is -2.91. The number of likely N-dealkylation sites (N-methyl/N-ethyl adjacent to an activating group) is 1. The highest BCUT2D eigenvalue weighted by Gasteiger charge is 2.32. The number of carbonyl (C=O) groups excluding carboxylic acids is 1. The van der Waals surface area contributed by atoms with Crippen LogP contribution in [-0.2, 0) is 24.3 Å². The number of hydrogen-bond donors (Lipinski definition) is 1. The van der Waals surface area contributed by atoms with Crippen molar-refractivity contribution in [3.63, 3.8) is 0 Å². The molecule has 2 saturated heterocycles. The fourth-order valence-corrected chi connectivity index (χ4v) is 5.05. The number of nitrogens with one attached hydrogen (secondary N) is 1. The maximum absolute atomic E-state index is 12.7. The number of carbonyl (C=O) groups is 1. The number of benzene rings is 1. The summed E-state index contributed by atoms with van der Waals surface area (Å²) in [5, 5.41) is 3.37. The van der Waals surface area contributed by atoms with Crippen molar-refractivity contribution in [2.75, 3.05) is 51.2 Å². The van der Waals surface area contributed by atoms with E-state index in [9.17, 15) is 4.79 Å². The molecule has 2 aromatic rings. The lowest BCUT2D eigenvalue weighted by molar-refractivity contribution is 0.0897. The average Bonchev–Trinajstić information content (AvgIpc) is 3.40. The predicted octanol–water partition coefficient (Wildman–Crippen LogP) is 2.44. The summed E-state index contributed by atoms with van der Waals surface area (Å²) in [5.41, 5.74) is 2.97. The Bertz CT molecular complexity index is 1120. The highest BCUT2D eigenvalue weighted by Crippen LogP contribution is 2.29. The molecule has 3 aliphatic heterocycles. The summed E-state index contributed by atoms with van der Waals surface area (Å²) in [6.45, 7) is 4.13. The molecule has 0 unspecified atom stereocenters. The minimum Gasteiger partial charge on any atom is -0.462 e. The molecule has 1 aromatic heterocycles. The number of fused-ring (bicyclic) bond motifs is 1. The predicted molar refractivity (Wildman–Crippen MR) is 134 cm³/mol. The lowest BCUT2D eigenvalue weighted by Gasteiger charge is -2.41. The minimum absolute atomic E-state index is 0.0237. The second-order valence-electron chi connectivity index (χ2n) is 9.51. The van der Waals surface area contributed by atoms with E-state index in [0.29, 0.717) is 32.7 Å². The molecule has 4 heterocycles. The number of aromatic nitrogens is 2. The molecular weight excluding hydrogens is 444 g/mol. The van der Waals surface area contributed by atoms with Crippen LogP contribution in [0.3, 0.4) is 0 Å². The Balaban J connectivity index is 1.26. The molecule has 0 spiro atoms. The number of ether oxygens (including phenoxy) is 2. The highest BCUT2D eigenvalue weighted by atomic mass is 16.6. The Kier molecular flexibility index (Phi) is 6.25. The van der Waals surface area contributed by atoms with Crippen LogP contribution in [0.4, 0.5) is 10.6 Å². The maximum atomic E-state index is 12.7. The average molecular weight is 484 g/mol. The molecule has 3 aliphatic rings. The summed E-state index contributed by atoms with van der Waals surface area (Å²) in [7, 11) is 0. The van der Waals surface area contributed by atoms with Crippen molar-refractivity contribution >= 4 is 11.9 Å². The van der Waals surface area contributed by atoms with Gasteiger partial charge in [-0.15, -0.1) is 0 Å². The van der Waals surface area contributed by atoms with Crippen LogP contribution < -0.4 is 15.0 Å². The Morgan fingerprint density at radius 3 is 2.94 bits per heavy atom. The normalized spacial score (nSPS) is 24.3. The number of rotatable bonds is 6. The fraction of sp³-hybridized carbons (Fsp3) is 0.577. The van der Waals surface area contributed by atoms with Crippen molar-refractivity contribution in [3.8, 4) is 6.01 Å². The molecule has 1 N–H and O–H groups in total. The number of piperazine rings is 1. The van der Waals surface area contributed by atoms with Crippen LogP contribution in [0.15, 0.2) is 30.3 Å². The Morgan fingerprint density at radius 2 is 2.11 bits per heavy atom. The van der Waals surface area contributed by atoms with E-state index < -0.39 is 6.98 Å². The quantitative estimate of drug-likeness (QED) is 0.671. The molecule has 5 rings (SSSR count). The third-order valence-electron chi connectivity index (χ3n) is 7.04. The van der Waals surface area contributed by atoms with Gasteiger partial charge in [0.2, 0.25) is 0 Å². The van der Waals surface area contributed by atoms with Crippen LogP contribution in [0.5, 0.6) is 6.01 Å². The zero-order chi connectivity index (χ0) is 26.7. The van der Waals surface area contributed by atoms with Gasteiger partial charge in [0, 0.05) is 47.9 Å². The number of nitrogens with zero attached hydrogens (tertiary/aromatic N) is 5. The van der Waals surface area contributed by atoms with E-state index in [1.807, 2.05) is 30.3 Å². The molecule has 1 aromatic carbocycles. The molecular formula is C26H36N6O3. The number of amides is 1. The molecule has 188 valence electrons. The first kappa shape index (κ1) is 20.3. The van der Waals surface area contributed by atoms with Crippen LogP contribution in [0.25, 0.3) is 0 Å². The van der Waals surface area contributed by atoms with Crippen molar-refractivity contribution < 1.29 is 18.4 Å². The molecule has 2 fully saturated rings. The van der Waals surface area contributed by atoms with Crippen molar-refractivity contribution in [1.82, 2.24) is 25.1 Å². The van der Waals surface area contributed by atoms with Crippen LogP contribution in [0.1, 0.15) is 40.7 Å². The van der Waals surface area contributed by atoms with Crippen LogP contribution in [-0.4, -0.2) is 84.3 Å². The van der Waals surface area contributed by atoms with E-state index in [2.05, 4.69) is 22.1 Å². The summed E-state index contributed by atoms with van der Waals surface area (Å²) in [4.78, 5) is 27.7. The van der Waals surface area contributed by atoms with Crippen LogP contribution in [0, 0.1) is 0 Å². The van der Waals surface area contributed by atoms with E-state index in [-0.39, 0.29) is 37.4 Å². The van der Waals surface area contributed by atoms with Gasteiger partial charge < -0.3 is 29.5 Å². The van der Waals surface area contributed by atoms with Gasteiger partial charge in [-0.2, -0.15) is 9.97 Å². The van der Waals surface area contributed by atoms with Gasteiger partial charge >= 0.3 is 12.1 Å². The van der Waals surface area contributed by atoms with Gasteiger partial charge in [0.1, 0.15) is 19.0 Å². The van der Waals surface area contributed by atoms with Crippen LogP contribution >= 0.6 is 0 Å².